The Balaban J connectivity index is 2.54. The molecule has 1 aliphatic rings. The molecule has 1 saturated heterocycles. The molecule has 0 unspecified atom stereocenters. The van der Waals surface area contributed by atoms with Gasteiger partial charge in [0.25, 0.3) is 0 Å². The molecular formula is C11H24N2O4S2. The second-order valence-corrected chi connectivity index (χ2v) is 9.07. The standard InChI is InChI=1S/C11H24N2O4S2/c1-3-5-6-11-19(16,17)13-9-7-12(8-10-13)18(14,15)4-2/h3-11H2,1-2H3. The fraction of sp³-hybridized carbons (Fsp3) is 1.00. The first-order valence-electron chi connectivity index (χ1n) is 6.79. The molecule has 0 aliphatic carbocycles. The van der Waals surface area contributed by atoms with E-state index in [9.17, 15) is 16.8 Å². The molecule has 0 spiro atoms. The van der Waals surface area contributed by atoms with Gasteiger partial charge in [-0.1, -0.05) is 19.8 Å². The van der Waals surface area contributed by atoms with Crippen LogP contribution in [0, 0.1) is 0 Å². The van der Waals surface area contributed by atoms with Crippen LogP contribution in [0.15, 0.2) is 0 Å². The topological polar surface area (TPSA) is 74.8 Å². The number of rotatable bonds is 7. The van der Waals surface area contributed by atoms with Gasteiger partial charge in [-0.2, -0.15) is 8.61 Å². The van der Waals surface area contributed by atoms with Crippen molar-refractivity contribution in [2.45, 2.75) is 33.1 Å². The summed E-state index contributed by atoms with van der Waals surface area (Å²) < 4.78 is 50.2. The Kier molecular flexibility index (Phi) is 6.22. The highest BCUT2D eigenvalue weighted by Crippen LogP contribution is 2.13. The zero-order valence-corrected chi connectivity index (χ0v) is 13.3. The molecule has 1 fully saturated rings. The number of hydrogen-bond donors (Lipinski definition) is 0. The van der Waals surface area contributed by atoms with Crippen molar-refractivity contribution < 1.29 is 16.8 Å². The van der Waals surface area contributed by atoms with Crippen molar-refractivity contribution in [1.29, 1.82) is 0 Å². The van der Waals surface area contributed by atoms with Crippen LogP contribution in [0.25, 0.3) is 0 Å². The van der Waals surface area contributed by atoms with Gasteiger partial charge in [-0.25, -0.2) is 16.8 Å². The zero-order chi connectivity index (χ0) is 14.5. The Hall–Kier alpha value is -0.180. The maximum atomic E-state index is 12.0. The summed E-state index contributed by atoms with van der Waals surface area (Å²) in [5, 5.41) is 0. The summed E-state index contributed by atoms with van der Waals surface area (Å²) in [6, 6.07) is 0. The van der Waals surface area contributed by atoms with Gasteiger partial charge < -0.3 is 0 Å². The lowest BCUT2D eigenvalue weighted by Gasteiger charge is -2.33. The predicted octanol–water partition coefficient (Wildman–Crippen LogP) is 0.474. The molecule has 19 heavy (non-hydrogen) atoms. The molecule has 0 bridgehead atoms. The van der Waals surface area contributed by atoms with Crippen LogP contribution in [0.1, 0.15) is 33.1 Å². The minimum atomic E-state index is -3.22. The molecule has 8 heteroatoms. The summed E-state index contributed by atoms with van der Waals surface area (Å²) >= 11 is 0. The lowest BCUT2D eigenvalue weighted by atomic mass is 10.3. The third-order valence-electron chi connectivity index (χ3n) is 3.36. The molecule has 0 saturated carbocycles. The lowest BCUT2D eigenvalue weighted by Crippen LogP contribution is -2.51. The van der Waals surface area contributed by atoms with Gasteiger partial charge >= 0.3 is 0 Å². The van der Waals surface area contributed by atoms with E-state index in [1.807, 2.05) is 6.92 Å². The largest absolute Gasteiger partial charge is 0.214 e. The summed E-state index contributed by atoms with van der Waals surface area (Å²) in [7, 11) is -6.42. The van der Waals surface area contributed by atoms with Crippen molar-refractivity contribution in [3.63, 3.8) is 0 Å². The van der Waals surface area contributed by atoms with Crippen LogP contribution in [-0.4, -0.2) is 63.1 Å². The van der Waals surface area contributed by atoms with Gasteiger partial charge in [0.1, 0.15) is 0 Å². The highest BCUT2D eigenvalue weighted by molar-refractivity contribution is 7.89. The van der Waals surface area contributed by atoms with E-state index in [4.69, 9.17) is 0 Å². The normalized spacial score (nSPS) is 19.7. The molecular weight excluding hydrogens is 288 g/mol. The van der Waals surface area contributed by atoms with Gasteiger partial charge in [-0.3, -0.25) is 0 Å². The molecule has 0 aromatic carbocycles. The number of piperazine rings is 1. The highest BCUT2D eigenvalue weighted by Gasteiger charge is 2.30. The molecule has 1 rings (SSSR count). The molecule has 0 N–H and O–H groups in total. The molecule has 0 radical (unpaired) electrons. The van der Waals surface area contributed by atoms with Crippen molar-refractivity contribution in [3.8, 4) is 0 Å². The van der Waals surface area contributed by atoms with Crippen LogP contribution in [0.5, 0.6) is 0 Å². The van der Waals surface area contributed by atoms with Gasteiger partial charge in [0.15, 0.2) is 0 Å². The molecule has 0 aromatic heterocycles. The van der Waals surface area contributed by atoms with Gasteiger partial charge in [0.2, 0.25) is 20.0 Å². The highest BCUT2D eigenvalue weighted by atomic mass is 32.2. The number of hydrogen-bond acceptors (Lipinski definition) is 4. The minimum Gasteiger partial charge on any atom is -0.212 e. The third-order valence-corrected chi connectivity index (χ3v) is 7.19. The second-order valence-electron chi connectivity index (χ2n) is 4.72. The number of unbranched alkanes of at least 4 members (excludes halogenated alkanes) is 2. The maximum absolute atomic E-state index is 12.0. The van der Waals surface area contributed by atoms with Gasteiger partial charge in [0, 0.05) is 26.2 Å². The van der Waals surface area contributed by atoms with Crippen molar-refractivity contribution in [3.05, 3.63) is 0 Å². The Labute approximate surface area is 116 Å². The SMILES string of the molecule is CCCCCS(=O)(=O)N1CCN(S(=O)(=O)CC)CC1. The van der Waals surface area contributed by atoms with Crippen LogP contribution in [-0.2, 0) is 20.0 Å². The van der Waals surface area contributed by atoms with E-state index in [1.54, 1.807) is 6.92 Å². The number of nitrogens with zero attached hydrogens (tertiary/aromatic N) is 2. The summed E-state index contributed by atoms with van der Waals surface area (Å²) in [6.07, 6.45) is 2.56. The molecule has 114 valence electrons. The first-order chi connectivity index (χ1) is 8.83. The Morgan fingerprint density at radius 3 is 1.68 bits per heavy atom. The van der Waals surface area contributed by atoms with E-state index in [1.165, 1.54) is 8.61 Å². The van der Waals surface area contributed by atoms with E-state index in [-0.39, 0.29) is 37.7 Å². The van der Waals surface area contributed by atoms with Crippen LogP contribution in [0.4, 0.5) is 0 Å². The van der Waals surface area contributed by atoms with E-state index < -0.39 is 20.0 Å². The van der Waals surface area contributed by atoms with E-state index in [2.05, 4.69) is 0 Å². The summed E-state index contributed by atoms with van der Waals surface area (Å²) in [5.41, 5.74) is 0. The fourth-order valence-electron chi connectivity index (χ4n) is 2.07. The molecule has 0 amide bonds. The zero-order valence-electron chi connectivity index (χ0n) is 11.7. The first-order valence-corrected chi connectivity index (χ1v) is 10.0. The molecule has 1 aliphatic heterocycles. The Morgan fingerprint density at radius 2 is 1.26 bits per heavy atom. The number of sulfonamides is 2. The fourth-order valence-corrected chi connectivity index (χ4v) is 4.70. The van der Waals surface area contributed by atoms with Crippen LogP contribution >= 0.6 is 0 Å². The maximum Gasteiger partial charge on any atom is 0.214 e. The lowest BCUT2D eigenvalue weighted by molar-refractivity contribution is 0.273. The molecule has 0 aromatic rings. The summed E-state index contributed by atoms with van der Waals surface area (Å²) in [6.45, 7) is 4.71. The Morgan fingerprint density at radius 1 is 0.789 bits per heavy atom. The van der Waals surface area contributed by atoms with Crippen molar-refractivity contribution in [2.24, 2.45) is 0 Å². The van der Waals surface area contributed by atoms with Gasteiger partial charge in [-0.15, -0.1) is 0 Å². The predicted molar refractivity (Wildman–Crippen MR) is 75.9 cm³/mol. The van der Waals surface area contributed by atoms with Gasteiger partial charge in [-0.05, 0) is 13.3 Å². The average molecular weight is 312 g/mol. The van der Waals surface area contributed by atoms with E-state index >= 15 is 0 Å². The van der Waals surface area contributed by atoms with Crippen LogP contribution < -0.4 is 0 Å². The summed E-state index contributed by atoms with van der Waals surface area (Å²) in [5.74, 6) is 0.234. The van der Waals surface area contributed by atoms with E-state index in [0.717, 1.165) is 12.8 Å². The minimum absolute atomic E-state index is 0.0657. The van der Waals surface area contributed by atoms with Crippen LogP contribution in [0.2, 0.25) is 0 Å². The first kappa shape index (κ1) is 16.9. The monoisotopic (exact) mass is 312 g/mol. The second kappa shape index (κ2) is 7.01. The van der Waals surface area contributed by atoms with Crippen molar-refractivity contribution in [2.75, 3.05) is 37.7 Å². The van der Waals surface area contributed by atoms with E-state index in [0.29, 0.717) is 6.42 Å². The quantitative estimate of drug-likeness (QED) is 0.641. The smallest absolute Gasteiger partial charge is 0.212 e. The van der Waals surface area contributed by atoms with Gasteiger partial charge in [0.05, 0.1) is 11.5 Å². The molecule has 0 atom stereocenters. The summed E-state index contributed by atoms with van der Waals surface area (Å²) in [4.78, 5) is 0. The third kappa shape index (κ3) is 4.70. The Bertz CT molecular complexity index is 465. The molecule has 6 nitrogen and oxygen atoms in total. The van der Waals surface area contributed by atoms with Crippen molar-refractivity contribution in [1.82, 2.24) is 8.61 Å². The molecule has 1 heterocycles. The average Bonchev–Trinajstić information content (AvgIpc) is 2.39. The van der Waals surface area contributed by atoms with Crippen molar-refractivity contribution >= 4 is 20.0 Å². The van der Waals surface area contributed by atoms with Crippen LogP contribution in [0.3, 0.4) is 0 Å².